The monoisotopic (exact) mass is 433 g/mol. The predicted octanol–water partition coefficient (Wildman–Crippen LogP) is 1.13. The Labute approximate surface area is 177 Å². The molecule has 0 spiro atoms. The van der Waals surface area contributed by atoms with E-state index in [1.165, 1.54) is 11.6 Å². The van der Waals surface area contributed by atoms with Gasteiger partial charge in [-0.25, -0.2) is 4.79 Å². The highest BCUT2D eigenvalue weighted by Gasteiger charge is 2.25. The third-order valence-electron chi connectivity index (χ3n) is 5.38. The lowest BCUT2D eigenvalue weighted by molar-refractivity contribution is 0.0937. The number of aliphatic hydroxyl groups is 1. The van der Waals surface area contributed by atoms with Crippen molar-refractivity contribution in [1.29, 1.82) is 0 Å². The Morgan fingerprint density at radius 3 is 2.57 bits per heavy atom. The topological polar surface area (TPSA) is 94.5 Å². The third kappa shape index (κ3) is 3.59. The minimum Gasteiger partial charge on any atom is -0.489 e. The van der Waals surface area contributed by atoms with E-state index < -0.39 is 17.4 Å². The molecule has 0 bridgehead atoms. The van der Waals surface area contributed by atoms with Crippen molar-refractivity contribution >= 4 is 28.7 Å². The average Bonchev–Trinajstić information content (AvgIpc) is 3.38. The van der Waals surface area contributed by atoms with Crippen LogP contribution in [0, 0.1) is 0 Å². The quantitative estimate of drug-likeness (QED) is 0.626. The van der Waals surface area contributed by atoms with E-state index in [4.69, 9.17) is 16.3 Å². The molecule has 0 saturated carbocycles. The van der Waals surface area contributed by atoms with Gasteiger partial charge in [0, 0.05) is 27.2 Å². The van der Waals surface area contributed by atoms with Crippen molar-refractivity contribution in [2.45, 2.75) is 25.5 Å². The Kier molecular flexibility index (Phi) is 5.57. The molecule has 2 aromatic heterocycles. The van der Waals surface area contributed by atoms with Crippen molar-refractivity contribution < 1.29 is 9.84 Å². The Balaban J connectivity index is 1.71. The zero-order chi connectivity index (χ0) is 21.4. The molecule has 30 heavy (non-hydrogen) atoms. The first-order valence-corrected chi connectivity index (χ1v) is 10.2. The maximum atomic E-state index is 12.9. The Bertz CT molecular complexity index is 1190. The van der Waals surface area contributed by atoms with Gasteiger partial charge >= 0.3 is 5.69 Å². The lowest BCUT2D eigenvalue weighted by Gasteiger charge is -2.20. The lowest BCUT2D eigenvalue weighted by Crippen LogP contribution is -2.38. The smallest absolute Gasteiger partial charge is 0.332 e. The number of para-hydroxylation sites is 1. The van der Waals surface area contributed by atoms with Crippen molar-refractivity contribution in [3.05, 3.63) is 50.1 Å². The summed E-state index contributed by atoms with van der Waals surface area (Å²) in [5.41, 5.74) is -0.277. The second kappa shape index (κ2) is 8.16. The number of aliphatic hydroxyl groups excluding tert-OH is 1. The summed E-state index contributed by atoms with van der Waals surface area (Å²) in [5, 5.41) is 11.1. The van der Waals surface area contributed by atoms with Gasteiger partial charge < -0.3 is 19.3 Å². The lowest BCUT2D eigenvalue weighted by atomic mass is 10.3. The molecule has 1 fully saturated rings. The molecule has 1 aliphatic heterocycles. The van der Waals surface area contributed by atoms with Gasteiger partial charge in [0.2, 0.25) is 5.95 Å². The summed E-state index contributed by atoms with van der Waals surface area (Å²) in [6, 6.07) is 7.03. The van der Waals surface area contributed by atoms with Crippen molar-refractivity contribution in [1.82, 2.24) is 18.7 Å². The van der Waals surface area contributed by atoms with Crippen molar-refractivity contribution in [2.24, 2.45) is 14.1 Å². The number of nitrogens with zero attached hydrogens (tertiary/aromatic N) is 5. The van der Waals surface area contributed by atoms with Crippen LogP contribution in [-0.4, -0.2) is 49.6 Å². The summed E-state index contributed by atoms with van der Waals surface area (Å²) < 4.78 is 9.77. The van der Waals surface area contributed by atoms with Crippen molar-refractivity contribution in [3.8, 4) is 5.75 Å². The number of anilines is 1. The standard InChI is InChI=1S/C20H24ClN5O4/c1-23-17-16(18(28)24(2)20(23)29)26(19(22-17)25-9-5-6-10-25)11-13(27)12-30-15-8-4-3-7-14(15)21/h3-4,7-8,13,27H,5-6,9-12H2,1-2H3/t13-/m0/s1. The molecule has 4 rings (SSSR count). The van der Waals surface area contributed by atoms with Crippen molar-refractivity contribution in [2.75, 3.05) is 24.6 Å². The number of aromatic nitrogens is 4. The number of aryl methyl sites for hydroxylation is 1. The fourth-order valence-corrected chi connectivity index (χ4v) is 3.97. The first-order valence-electron chi connectivity index (χ1n) is 9.85. The zero-order valence-electron chi connectivity index (χ0n) is 16.9. The van der Waals surface area contributed by atoms with Gasteiger partial charge in [-0.2, -0.15) is 4.98 Å². The van der Waals surface area contributed by atoms with Crippen LogP contribution in [0.1, 0.15) is 12.8 Å². The van der Waals surface area contributed by atoms with Gasteiger partial charge in [0.05, 0.1) is 11.6 Å². The molecule has 1 N–H and O–H groups in total. The number of benzene rings is 1. The molecule has 1 saturated heterocycles. The second-order valence-corrected chi connectivity index (χ2v) is 7.90. The van der Waals surface area contributed by atoms with Crippen LogP contribution in [0.5, 0.6) is 5.75 Å². The van der Waals surface area contributed by atoms with E-state index in [1.807, 2.05) is 0 Å². The molecular formula is C20H24ClN5O4. The van der Waals surface area contributed by atoms with Crippen LogP contribution in [0.25, 0.3) is 11.2 Å². The molecule has 1 aromatic carbocycles. The van der Waals surface area contributed by atoms with Gasteiger partial charge in [-0.05, 0) is 25.0 Å². The zero-order valence-corrected chi connectivity index (χ0v) is 17.7. The summed E-state index contributed by atoms with van der Waals surface area (Å²) in [7, 11) is 3.03. The van der Waals surface area contributed by atoms with E-state index in [2.05, 4.69) is 9.88 Å². The van der Waals surface area contributed by atoms with E-state index in [0.29, 0.717) is 27.9 Å². The number of hydrogen-bond donors (Lipinski definition) is 1. The highest BCUT2D eigenvalue weighted by molar-refractivity contribution is 6.32. The van der Waals surface area contributed by atoms with Crippen LogP contribution >= 0.6 is 11.6 Å². The first-order chi connectivity index (χ1) is 14.4. The molecule has 3 aromatic rings. The van der Waals surface area contributed by atoms with Crippen LogP contribution in [0.3, 0.4) is 0 Å². The SMILES string of the molecule is Cn1c(=O)c2c(nc(N3CCCC3)n2C[C@H](O)COc2ccccc2Cl)n(C)c1=O. The number of rotatable bonds is 6. The normalized spacial score (nSPS) is 15.1. The Hall–Kier alpha value is -2.78. The third-order valence-corrected chi connectivity index (χ3v) is 5.69. The fraction of sp³-hybridized carbons (Fsp3) is 0.450. The van der Waals surface area contributed by atoms with E-state index in [-0.39, 0.29) is 13.2 Å². The Morgan fingerprint density at radius 2 is 1.87 bits per heavy atom. The Morgan fingerprint density at radius 1 is 1.17 bits per heavy atom. The van der Waals surface area contributed by atoms with Crippen LogP contribution in [0.4, 0.5) is 5.95 Å². The summed E-state index contributed by atoms with van der Waals surface area (Å²) in [6.07, 6.45) is 1.14. The first kappa shape index (κ1) is 20.5. The number of fused-ring (bicyclic) bond motifs is 1. The second-order valence-electron chi connectivity index (χ2n) is 7.49. The van der Waals surface area contributed by atoms with Gasteiger partial charge in [-0.15, -0.1) is 0 Å². The maximum absolute atomic E-state index is 12.9. The molecule has 0 amide bonds. The van der Waals surface area contributed by atoms with E-state index in [0.717, 1.165) is 30.5 Å². The van der Waals surface area contributed by atoms with Crippen LogP contribution in [-0.2, 0) is 20.6 Å². The number of hydrogen-bond acceptors (Lipinski definition) is 6. The van der Waals surface area contributed by atoms with E-state index >= 15 is 0 Å². The molecular weight excluding hydrogens is 410 g/mol. The van der Waals surface area contributed by atoms with E-state index in [9.17, 15) is 14.7 Å². The largest absolute Gasteiger partial charge is 0.489 e. The van der Waals surface area contributed by atoms with Crippen LogP contribution in [0.15, 0.2) is 33.9 Å². The van der Waals surface area contributed by atoms with Gasteiger partial charge in [-0.3, -0.25) is 13.9 Å². The number of ether oxygens (including phenoxy) is 1. The molecule has 1 atom stereocenters. The fourth-order valence-electron chi connectivity index (χ4n) is 3.78. The average molecular weight is 434 g/mol. The van der Waals surface area contributed by atoms with Crippen LogP contribution in [0.2, 0.25) is 5.02 Å². The minimum atomic E-state index is -0.915. The molecule has 9 nitrogen and oxygen atoms in total. The van der Waals surface area contributed by atoms with Gasteiger partial charge in [0.15, 0.2) is 11.2 Å². The maximum Gasteiger partial charge on any atom is 0.332 e. The summed E-state index contributed by atoms with van der Waals surface area (Å²) in [6.45, 7) is 1.71. The van der Waals surface area contributed by atoms with Gasteiger partial charge in [0.1, 0.15) is 18.5 Å². The van der Waals surface area contributed by atoms with Gasteiger partial charge in [-0.1, -0.05) is 23.7 Å². The summed E-state index contributed by atoms with van der Waals surface area (Å²) in [4.78, 5) is 31.9. The van der Waals surface area contributed by atoms with Crippen molar-refractivity contribution in [3.63, 3.8) is 0 Å². The highest BCUT2D eigenvalue weighted by Crippen LogP contribution is 2.25. The van der Waals surface area contributed by atoms with E-state index in [1.54, 1.807) is 35.9 Å². The molecule has 160 valence electrons. The van der Waals surface area contributed by atoms with Gasteiger partial charge in [0.25, 0.3) is 5.56 Å². The summed E-state index contributed by atoms with van der Waals surface area (Å²) >= 11 is 6.11. The molecule has 10 heteroatoms. The molecule has 0 unspecified atom stereocenters. The summed E-state index contributed by atoms with van der Waals surface area (Å²) in [5.74, 6) is 1.06. The highest BCUT2D eigenvalue weighted by atomic mass is 35.5. The van der Waals surface area contributed by atoms with Crippen LogP contribution < -0.4 is 20.9 Å². The molecule has 0 aliphatic carbocycles. The predicted molar refractivity (Wildman–Crippen MR) is 115 cm³/mol. The molecule has 3 heterocycles. The molecule has 1 aliphatic rings. The molecule has 0 radical (unpaired) electrons. The number of imidazole rings is 1. The number of halogens is 1. The minimum absolute atomic E-state index is 0.00503.